The van der Waals surface area contributed by atoms with Gasteiger partial charge in [0.05, 0.1) is 30.2 Å². The van der Waals surface area contributed by atoms with Crippen molar-refractivity contribution in [3.8, 4) is 0 Å². The number of carbonyl (C=O) groups is 1. The van der Waals surface area contributed by atoms with E-state index in [-0.39, 0.29) is 5.91 Å². The number of rotatable bonds is 5. The van der Waals surface area contributed by atoms with Gasteiger partial charge in [0, 0.05) is 25.3 Å². The summed E-state index contributed by atoms with van der Waals surface area (Å²) >= 11 is 0. The van der Waals surface area contributed by atoms with Crippen LogP contribution in [0.1, 0.15) is 42.5 Å². The Morgan fingerprint density at radius 2 is 1.82 bits per heavy atom. The van der Waals surface area contributed by atoms with Crippen molar-refractivity contribution in [2.24, 2.45) is 0 Å². The zero-order valence-electron chi connectivity index (χ0n) is 16.2. The molecule has 2 N–H and O–H groups in total. The Kier molecular flexibility index (Phi) is 6.07. The molecule has 148 valence electrons. The minimum atomic E-state index is -0.141. The largest absolute Gasteiger partial charge is 0.378 e. The fourth-order valence-corrected chi connectivity index (χ4v) is 3.92. The third kappa shape index (κ3) is 4.62. The molecule has 1 aliphatic carbocycles. The van der Waals surface area contributed by atoms with Crippen LogP contribution in [0.4, 0.5) is 17.2 Å². The predicted molar refractivity (Wildman–Crippen MR) is 112 cm³/mol. The zero-order chi connectivity index (χ0) is 19.2. The van der Waals surface area contributed by atoms with Crippen molar-refractivity contribution in [2.45, 2.75) is 38.1 Å². The number of para-hydroxylation sites is 2. The summed E-state index contributed by atoms with van der Waals surface area (Å²) in [7, 11) is 0. The maximum atomic E-state index is 12.7. The number of anilines is 3. The van der Waals surface area contributed by atoms with E-state index in [0.717, 1.165) is 30.3 Å². The summed E-state index contributed by atoms with van der Waals surface area (Å²) < 4.78 is 5.43. The summed E-state index contributed by atoms with van der Waals surface area (Å²) in [5, 5.41) is 6.53. The monoisotopic (exact) mass is 380 g/mol. The first-order valence-electron chi connectivity index (χ1n) is 10.3. The van der Waals surface area contributed by atoms with E-state index < -0.39 is 0 Å². The Hall–Kier alpha value is -2.60. The normalized spacial score (nSPS) is 17.9. The molecule has 1 aliphatic heterocycles. The summed E-state index contributed by atoms with van der Waals surface area (Å²) in [6.07, 6.45) is 7.93. The van der Waals surface area contributed by atoms with Crippen molar-refractivity contribution in [2.75, 3.05) is 41.8 Å². The lowest BCUT2D eigenvalue weighted by Crippen LogP contribution is -2.36. The van der Waals surface area contributed by atoms with Crippen LogP contribution >= 0.6 is 0 Å². The van der Waals surface area contributed by atoms with E-state index in [1.807, 2.05) is 36.4 Å². The zero-order valence-corrected chi connectivity index (χ0v) is 16.2. The van der Waals surface area contributed by atoms with Crippen LogP contribution in [0.5, 0.6) is 0 Å². The highest BCUT2D eigenvalue weighted by molar-refractivity contribution is 6.05. The van der Waals surface area contributed by atoms with Crippen molar-refractivity contribution in [1.29, 1.82) is 0 Å². The molecule has 0 radical (unpaired) electrons. The number of carbonyl (C=O) groups excluding carboxylic acids is 1. The maximum Gasteiger partial charge on any atom is 0.257 e. The quantitative estimate of drug-likeness (QED) is 0.823. The number of hydrogen-bond donors (Lipinski definition) is 2. The van der Waals surface area contributed by atoms with Gasteiger partial charge in [0.25, 0.3) is 5.91 Å². The third-order valence-corrected chi connectivity index (χ3v) is 5.49. The molecule has 1 saturated heterocycles. The average molecular weight is 380 g/mol. The highest BCUT2D eigenvalue weighted by Crippen LogP contribution is 2.27. The Balaban J connectivity index is 1.41. The van der Waals surface area contributed by atoms with Crippen molar-refractivity contribution in [3.63, 3.8) is 0 Å². The van der Waals surface area contributed by atoms with Crippen LogP contribution in [0.2, 0.25) is 0 Å². The van der Waals surface area contributed by atoms with Gasteiger partial charge in [-0.25, -0.2) is 4.98 Å². The number of ether oxygens (including phenoxy) is 1. The first-order valence-corrected chi connectivity index (χ1v) is 10.3. The lowest BCUT2D eigenvalue weighted by Gasteiger charge is -2.30. The minimum Gasteiger partial charge on any atom is -0.378 e. The molecule has 0 atom stereocenters. The van der Waals surface area contributed by atoms with E-state index in [0.29, 0.717) is 24.8 Å². The van der Waals surface area contributed by atoms with Gasteiger partial charge in [0.2, 0.25) is 0 Å². The van der Waals surface area contributed by atoms with Gasteiger partial charge in [-0.3, -0.25) is 4.79 Å². The van der Waals surface area contributed by atoms with Gasteiger partial charge >= 0.3 is 0 Å². The molecule has 2 heterocycles. The molecular formula is C22H28N4O2. The van der Waals surface area contributed by atoms with Crippen molar-refractivity contribution >= 4 is 23.1 Å². The summed E-state index contributed by atoms with van der Waals surface area (Å²) in [6, 6.07) is 12.2. The first-order chi connectivity index (χ1) is 13.8. The fraction of sp³-hybridized carbons (Fsp3) is 0.455. The maximum absolute atomic E-state index is 12.7. The van der Waals surface area contributed by atoms with E-state index in [4.69, 9.17) is 4.74 Å². The van der Waals surface area contributed by atoms with Gasteiger partial charge in [-0.1, -0.05) is 31.4 Å². The molecule has 1 amide bonds. The second-order valence-corrected chi connectivity index (χ2v) is 7.48. The Morgan fingerprint density at radius 3 is 2.57 bits per heavy atom. The summed E-state index contributed by atoms with van der Waals surface area (Å²) in [5.41, 5.74) is 2.41. The number of aromatic nitrogens is 1. The number of amides is 1. The van der Waals surface area contributed by atoms with Gasteiger partial charge in [-0.2, -0.15) is 0 Å². The van der Waals surface area contributed by atoms with Crippen molar-refractivity contribution in [3.05, 3.63) is 48.2 Å². The fourth-order valence-electron chi connectivity index (χ4n) is 3.92. The van der Waals surface area contributed by atoms with Crippen molar-refractivity contribution < 1.29 is 9.53 Å². The topological polar surface area (TPSA) is 66.5 Å². The van der Waals surface area contributed by atoms with Crippen LogP contribution < -0.4 is 15.5 Å². The van der Waals surface area contributed by atoms with Gasteiger partial charge in [0.1, 0.15) is 5.82 Å². The third-order valence-electron chi connectivity index (χ3n) is 5.49. The van der Waals surface area contributed by atoms with Crippen LogP contribution in [0.15, 0.2) is 42.6 Å². The minimum absolute atomic E-state index is 0.141. The molecule has 2 aliphatic rings. The smallest absolute Gasteiger partial charge is 0.257 e. The van der Waals surface area contributed by atoms with Crippen LogP contribution in [0.3, 0.4) is 0 Å². The summed E-state index contributed by atoms with van der Waals surface area (Å²) in [6.45, 7) is 3.08. The van der Waals surface area contributed by atoms with Crippen molar-refractivity contribution in [1.82, 2.24) is 4.98 Å². The molecule has 1 saturated carbocycles. The highest BCUT2D eigenvalue weighted by atomic mass is 16.5. The first kappa shape index (κ1) is 18.7. The molecule has 0 bridgehead atoms. The van der Waals surface area contributed by atoms with Gasteiger partial charge in [0.15, 0.2) is 0 Å². The highest BCUT2D eigenvalue weighted by Gasteiger charge is 2.17. The second kappa shape index (κ2) is 9.06. The predicted octanol–water partition coefficient (Wildman–Crippen LogP) is 3.92. The van der Waals surface area contributed by atoms with Crippen LogP contribution in [-0.4, -0.2) is 43.2 Å². The summed E-state index contributed by atoms with van der Waals surface area (Å²) in [5.74, 6) is 0.703. The molecule has 1 aromatic heterocycles. The Morgan fingerprint density at radius 1 is 1.04 bits per heavy atom. The SMILES string of the molecule is O=C(Nc1ccccc1N1CCOCC1)c1ccc(NC2CCCCC2)nc1. The number of morpholine rings is 1. The van der Waals surface area contributed by atoms with Crippen LogP contribution in [0, 0.1) is 0 Å². The molecule has 0 unspecified atom stereocenters. The van der Waals surface area contributed by atoms with Gasteiger partial charge in [-0.05, 0) is 37.1 Å². The molecule has 2 aromatic rings. The summed E-state index contributed by atoms with van der Waals surface area (Å²) in [4.78, 5) is 19.4. The molecule has 6 heteroatoms. The van der Waals surface area contributed by atoms with E-state index in [9.17, 15) is 4.79 Å². The second-order valence-electron chi connectivity index (χ2n) is 7.48. The molecule has 28 heavy (non-hydrogen) atoms. The number of benzene rings is 1. The van der Waals surface area contributed by atoms with Gasteiger partial charge in [-0.15, -0.1) is 0 Å². The number of pyridine rings is 1. The van der Waals surface area contributed by atoms with Crippen LogP contribution in [0.25, 0.3) is 0 Å². The Bertz CT molecular complexity index is 781. The van der Waals surface area contributed by atoms with E-state index >= 15 is 0 Å². The van der Waals surface area contributed by atoms with E-state index in [1.54, 1.807) is 6.20 Å². The van der Waals surface area contributed by atoms with E-state index in [1.165, 1.54) is 32.1 Å². The number of nitrogens with zero attached hydrogens (tertiary/aromatic N) is 2. The lowest BCUT2D eigenvalue weighted by atomic mass is 9.95. The molecule has 6 nitrogen and oxygen atoms in total. The lowest BCUT2D eigenvalue weighted by molar-refractivity contribution is 0.102. The standard InChI is InChI=1S/C22H28N4O2/c27-22(17-10-11-21(23-16-17)24-18-6-2-1-3-7-18)25-19-8-4-5-9-20(19)26-12-14-28-15-13-26/h4-5,8-11,16,18H,1-3,6-7,12-15H2,(H,23,24)(H,25,27). The van der Waals surface area contributed by atoms with Gasteiger partial charge < -0.3 is 20.3 Å². The Labute approximate surface area is 166 Å². The molecule has 2 fully saturated rings. The number of nitrogens with one attached hydrogen (secondary N) is 2. The molecule has 1 aromatic carbocycles. The van der Waals surface area contributed by atoms with Crippen LogP contribution in [-0.2, 0) is 4.74 Å². The molecule has 4 rings (SSSR count). The van der Waals surface area contributed by atoms with E-state index in [2.05, 4.69) is 20.5 Å². The number of hydrogen-bond acceptors (Lipinski definition) is 5. The average Bonchev–Trinajstić information content (AvgIpc) is 2.76. The molecular weight excluding hydrogens is 352 g/mol. The molecule has 0 spiro atoms.